The van der Waals surface area contributed by atoms with E-state index in [-0.39, 0.29) is 11.4 Å². The van der Waals surface area contributed by atoms with Crippen LogP contribution >= 0.6 is 0 Å². The highest BCUT2D eigenvalue weighted by molar-refractivity contribution is 6.07. The van der Waals surface area contributed by atoms with Crippen LogP contribution in [-0.4, -0.2) is 34.3 Å². The zero-order chi connectivity index (χ0) is 19.9. The number of aliphatic imine (C=N–C) groups is 1. The lowest BCUT2D eigenvalue weighted by Gasteiger charge is -2.10. The number of ether oxygens (including phenoxy) is 2. The highest BCUT2D eigenvalue weighted by atomic mass is 16.5. The number of rotatable bonds is 6. The molecule has 0 aliphatic heterocycles. The van der Waals surface area contributed by atoms with Crippen molar-refractivity contribution in [3.8, 4) is 17.4 Å². The predicted octanol–water partition coefficient (Wildman–Crippen LogP) is 2.85. The fraction of sp³-hybridized carbons (Fsp3) is 0.105. The van der Waals surface area contributed by atoms with Crippen LogP contribution in [0.25, 0.3) is 0 Å². The summed E-state index contributed by atoms with van der Waals surface area (Å²) in [5.74, 6) is 1.26. The molecule has 0 bridgehead atoms. The van der Waals surface area contributed by atoms with Crippen molar-refractivity contribution < 1.29 is 14.3 Å². The molecule has 0 aliphatic rings. The van der Waals surface area contributed by atoms with Crippen molar-refractivity contribution in [2.45, 2.75) is 6.92 Å². The topological polar surface area (TPSA) is 125 Å². The number of anilines is 1. The second kappa shape index (κ2) is 8.58. The van der Waals surface area contributed by atoms with E-state index < -0.39 is 5.91 Å². The molecule has 9 heteroatoms. The number of pyridine rings is 3. The molecule has 0 fully saturated rings. The van der Waals surface area contributed by atoms with Gasteiger partial charge in [0.05, 0.1) is 31.4 Å². The third kappa shape index (κ3) is 4.58. The molecule has 0 atom stereocenters. The quantitative estimate of drug-likeness (QED) is 0.499. The largest absolute Gasteiger partial charge is 0.481 e. The molecular formula is C19H18N6O3. The summed E-state index contributed by atoms with van der Waals surface area (Å²) in [5, 5.41) is 2.68. The van der Waals surface area contributed by atoms with Gasteiger partial charge in [0.25, 0.3) is 5.91 Å². The van der Waals surface area contributed by atoms with Crippen LogP contribution in [0.3, 0.4) is 0 Å². The van der Waals surface area contributed by atoms with Gasteiger partial charge in [-0.3, -0.25) is 9.78 Å². The van der Waals surface area contributed by atoms with Crippen molar-refractivity contribution in [3.05, 3.63) is 60.0 Å². The number of aryl methyl sites for hydroxylation is 1. The second-order valence-electron chi connectivity index (χ2n) is 5.64. The molecule has 1 amide bonds. The van der Waals surface area contributed by atoms with Crippen molar-refractivity contribution in [2.75, 3.05) is 12.4 Å². The van der Waals surface area contributed by atoms with Crippen molar-refractivity contribution in [3.63, 3.8) is 0 Å². The van der Waals surface area contributed by atoms with E-state index in [0.29, 0.717) is 23.2 Å². The van der Waals surface area contributed by atoms with Crippen molar-refractivity contribution in [1.82, 2.24) is 15.0 Å². The Morgan fingerprint density at radius 2 is 2.04 bits per heavy atom. The van der Waals surface area contributed by atoms with Crippen LogP contribution in [-0.2, 0) is 0 Å². The maximum absolute atomic E-state index is 12.8. The summed E-state index contributed by atoms with van der Waals surface area (Å²) < 4.78 is 10.8. The van der Waals surface area contributed by atoms with Gasteiger partial charge >= 0.3 is 0 Å². The van der Waals surface area contributed by atoms with Crippen LogP contribution in [0.15, 0.2) is 53.9 Å². The van der Waals surface area contributed by atoms with E-state index in [1.165, 1.54) is 19.4 Å². The summed E-state index contributed by atoms with van der Waals surface area (Å²) in [6, 6.07) is 8.36. The third-order valence-electron chi connectivity index (χ3n) is 3.54. The molecule has 0 unspecified atom stereocenters. The standard InChI is InChI=1S/C19H18N6O3/c1-12-6-13(9-21-8-12)28-14-7-15(18(22-10-14)23-11-20)19(26)25-16-4-3-5-17(24-16)27-2/h3-11H,1-2H3,(H2,20,22,23)(H,24,25,26). The van der Waals surface area contributed by atoms with E-state index in [4.69, 9.17) is 15.2 Å². The predicted molar refractivity (Wildman–Crippen MR) is 104 cm³/mol. The summed E-state index contributed by atoms with van der Waals surface area (Å²) in [7, 11) is 1.49. The molecule has 0 radical (unpaired) electrons. The Kier molecular flexibility index (Phi) is 5.75. The van der Waals surface area contributed by atoms with Gasteiger partial charge in [-0.25, -0.2) is 9.98 Å². The zero-order valence-corrected chi connectivity index (χ0v) is 15.3. The molecule has 3 aromatic heterocycles. The Morgan fingerprint density at radius 1 is 1.21 bits per heavy atom. The molecule has 142 valence electrons. The highest BCUT2D eigenvalue weighted by Crippen LogP contribution is 2.26. The fourth-order valence-corrected chi connectivity index (χ4v) is 2.34. The number of nitrogens with one attached hydrogen (secondary N) is 1. The first-order valence-corrected chi connectivity index (χ1v) is 8.25. The van der Waals surface area contributed by atoms with Gasteiger partial charge in [0.15, 0.2) is 5.82 Å². The lowest BCUT2D eigenvalue weighted by molar-refractivity contribution is 0.102. The Bertz CT molecular complexity index is 1020. The van der Waals surface area contributed by atoms with Gasteiger partial charge in [-0.2, -0.15) is 4.98 Å². The molecule has 3 heterocycles. The van der Waals surface area contributed by atoms with Gasteiger partial charge in [-0.05, 0) is 30.7 Å². The van der Waals surface area contributed by atoms with Crippen LogP contribution in [0.4, 0.5) is 11.6 Å². The smallest absolute Gasteiger partial charge is 0.260 e. The second-order valence-corrected chi connectivity index (χ2v) is 5.64. The molecule has 28 heavy (non-hydrogen) atoms. The van der Waals surface area contributed by atoms with E-state index in [9.17, 15) is 4.79 Å². The highest BCUT2D eigenvalue weighted by Gasteiger charge is 2.16. The van der Waals surface area contributed by atoms with Gasteiger partial charge < -0.3 is 20.5 Å². The Balaban J connectivity index is 1.89. The van der Waals surface area contributed by atoms with Crippen LogP contribution in [0.1, 0.15) is 15.9 Å². The van der Waals surface area contributed by atoms with E-state index in [1.54, 1.807) is 30.6 Å². The van der Waals surface area contributed by atoms with Gasteiger partial charge in [-0.15, -0.1) is 0 Å². The molecule has 0 aromatic carbocycles. The number of hydrogen-bond acceptors (Lipinski definition) is 7. The fourth-order valence-electron chi connectivity index (χ4n) is 2.34. The summed E-state index contributed by atoms with van der Waals surface area (Å²) in [6.45, 7) is 1.90. The minimum Gasteiger partial charge on any atom is -0.481 e. The number of nitrogens with zero attached hydrogens (tertiary/aromatic N) is 4. The first kappa shape index (κ1) is 18.8. The first-order valence-electron chi connectivity index (χ1n) is 8.25. The van der Waals surface area contributed by atoms with Gasteiger partial charge in [-0.1, -0.05) is 6.07 Å². The molecule has 3 rings (SSSR count). The molecule has 0 aliphatic carbocycles. The minimum absolute atomic E-state index is 0.151. The number of aromatic nitrogens is 3. The van der Waals surface area contributed by atoms with E-state index in [0.717, 1.165) is 11.9 Å². The Morgan fingerprint density at radius 3 is 2.79 bits per heavy atom. The molecular weight excluding hydrogens is 360 g/mol. The van der Waals surface area contributed by atoms with E-state index >= 15 is 0 Å². The van der Waals surface area contributed by atoms with Crippen LogP contribution < -0.4 is 20.5 Å². The van der Waals surface area contributed by atoms with Gasteiger partial charge in [0, 0.05) is 12.3 Å². The maximum Gasteiger partial charge on any atom is 0.260 e. The van der Waals surface area contributed by atoms with E-state index in [1.807, 2.05) is 13.0 Å². The van der Waals surface area contributed by atoms with Crippen LogP contribution in [0, 0.1) is 6.92 Å². The van der Waals surface area contributed by atoms with Crippen LogP contribution in [0.5, 0.6) is 17.4 Å². The molecule has 3 aromatic rings. The summed E-state index contributed by atoms with van der Waals surface area (Å²) in [4.78, 5) is 29.1. The minimum atomic E-state index is -0.471. The zero-order valence-electron chi connectivity index (χ0n) is 15.3. The normalized spacial score (nSPS) is 10.6. The lowest BCUT2D eigenvalue weighted by Crippen LogP contribution is -2.14. The third-order valence-corrected chi connectivity index (χ3v) is 3.54. The Labute approximate surface area is 161 Å². The van der Waals surface area contributed by atoms with Crippen molar-refractivity contribution >= 4 is 23.9 Å². The van der Waals surface area contributed by atoms with Crippen molar-refractivity contribution in [1.29, 1.82) is 0 Å². The molecule has 9 nitrogen and oxygen atoms in total. The van der Waals surface area contributed by atoms with Gasteiger partial charge in [0.1, 0.15) is 17.3 Å². The average Bonchev–Trinajstić information content (AvgIpc) is 2.69. The SMILES string of the molecule is COc1cccc(NC(=O)c2cc(Oc3cncc(C)c3)cnc2/N=C\N)n1. The Hall–Kier alpha value is -4.01. The lowest BCUT2D eigenvalue weighted by atomic mass is 10.2. The molecule has 0 saturated heterocycles. The summed E-state index contributed by atoms with van der Waals surface area (Å²) in [5.41, 5.74) is 6.48. The van der Waals surface area contributed by atoms with Gasteiger partial charge in [0.2, 0.25) is 5.88 Å². The number of hydrogen-bond donors (Lipinski definition) is 2. The molecule has 0 spiro atoms. The van der Waals surface area contributed by atoms with E-state index in [2.05, 4.69) is 25.3 Å². The molecule has 3 N–H and O–H groups in total. The number of carbonyl (C=O) groups is 1. The maximum atomic E-state index is 12.8. The first-order chi connectivity index (χ1) is 13.6. The summed E-state index contributed by atoms with van der Waals surface area (Å²) in [6.07, 6.45) is 5.79. The van der Waals surface area contributed by atoms with Crippen molar-refractivity contribution in [2.24, 2.45) is 10.7 Å². The number of nitrogens with two attached hydrogens (primary N) is 1. The average molecular weight is 378 g/mol. The van der Waals surface area contributed by atoms with Crippen LogP contribution in [0.2, 0.25) is 0 Å². The summed E-state index contributed by atoms with van der Waals surface area (Å²) >= 11 is 0. The number of carbonyl (C=O) groups excluding carboxylic acids is 1. The molecule has 0 saturated carbocycles. The number of amides is 1. The monoisotopic (exact) mass is 378 g/mol. The number of methoxy groups -OCH3 is 1.